The lowest BCUT2D eigenvalue weighted by Crippen LogP contribution is -2.22. The van der Waals surface area contributed by atoms with E-state index in [4.69, 9.17) is 0 Å². The summed E-state index contributed by atoms with van der Waals surface area (Å²) in [6.07, 6.45) is 13.0. The molecular weight excluding hydrogens is 629 g/mol. The Morgan fingerprint density at radius 1 is 0.558 bits per heavy atom. The molecule has 2 atom stereocenters. The molecule has 0 aliphatic heterocycles. The van der Waals surface area contributed by atoms with Gasteiger partial charge >= 0.3 is 0 Å². The van der Waals surface area contributed by atoms with Gasteiger partial charge in [0.2, 0.25) is 0 Å². The molecule has 10 rings (SSSR count). The quantitative estimate of drug-likeness (QED) is 0.179. The molecule has 0 bridgehead atoms. The second-order valence-corrected chi connectivity index (χ2v) is 14.0. The first-order valence-corrected chi connectivity index (χ1v) is 18.1. The number of hydrogen-bond acceptors (Lipinski definition) is 1. The maximum absolute atomic E-state index is 4.47. The molecule has 0 spiro atoms. The average molecular weight is 665 g/mol. The first-order valence-electron chi connectivity index (χ1n) is 18.1. The molecule has 2 aromatic heterocycles. The average Bonchev–Trinajstić information content (AvgIpc) is 3.54. The zero-order valence-corrected chi connectivity index (χ0v) is 28.9. The van der Waals surface area contributed by atoms with E-state index in [1.807, 2.05) is 12.4 Å². The van der Waals surface area contributed by atoms with E-state index in [1.165, 1.54) is 77.5 Å². The van der Waals surface area contributed by atoms with Crippen molar-refractivity contribution in [2.75, 3.05) is 0 Å². The number of allylic oxidation sites excluding steroid dienone is 5. The Morgan fingerprint density at radius 2 is 1.25 bits per heavy atom. The fourth-order valence-electron chi connectivity index (χ4n) is 8.70. The number of pyridine rings is 1. The van der Waals surface area contributed by atoms with Gasteiger partial charge in [0.25, 0.3) is 0 Å². The van der Waals surface area contributed by atoms with Crippen LogP contribution in [0, 0.1) is 12.8 Å². The summed E-state index contributed by atoms with van der Waals surface area (Å²) < 4.78 is 2.33. The molecule has 2 unspecified atom stereocenters. The molecule has 0 radical (unpaired) electrons. The van der Waals surface area contributed by atoms with Crippen LogP contribution in [-0.4, -0.2) is 9.55 Å². The summed E-state index contributed by atoms with van der Waals surface area (Å²) in [7, 11) is 0. The minimum atomic E-state index is 0.289. The Morgan fingerprint density at radius 3 is 2.08 bits per heavy atom. The van der Waals surface area contributed by atoms with Crippen molar-refractivity contribution >= 4 is 27.4 Å². The second kappa shape index (κ2) is 12.4. The van der Waals surface area contributed by atoms with Crippen molar-refractivity contribution < 1.29 is 0 Å². The van der Waals surface area contributed by atoms with Crippen molar-refractivity contribution in [1.82, 2.24) is 9.55 Å². The third kappa shape index (κ3) is 4.91. The number of aryl methyl sites for hydroxylation is 1. The fraction of sp³-hybridized carbons (Fsp3) is 0.0600. The van der Waals surface area contributed by atoms with Gasteiger partial charge in [-0.3, -0.25) is 4.98 Å². The largest absolute Gasteiger partial charge is 0.308 e. The lowest BCUT2D eigenvalue weighted by molar-refractivity contribution is 0.649. The molecule has 6 aromatic carbocycles. The first kappa shape index (κ1) is 30.3. The molecule has 2 aliphatic carbocycles. The predicted molar refractivity (Wildman–Crippen MR) is 217 cm³/mol. The van der Waals surface area contributed by atoms with Gasteiger partial charge in [0.1, 0.15) is 0 Å². The standard InChI is InChI=1S/C50H36N2/c1-33-30-37(38-25-27-41-42-28-29-51-32-48(42)52(47(41)31-38)39-14-6-3-7-15-39)24-26-40(33)34-20-22-36(23-21-34)50-45-18-10-8-16-43(45)49(35-12-4-2-5-13-35)44-17-9-11-19-46(44)50/h2-32,43,49H,1H3. The van der Waals surface area contributed by atoms with Crippen LogP contribution in [0.4, 0.5) is 0 Å². The maximum Gasteiger partial charge on any atom is 0.0724 e. The number of para-hydroxylation sites is 1. The van der Waals surface area contributed by atoms with Gasteiger partial charge in [0.15, 0.2) is 0 Å². The van der Waals surface area contributed by atoms with Crippen molar-refractivity contribution in [2.45, 2.75) is 12.8 Å². The SMILES string of the molecule is Cc1cc(-c2ccc3c4ccncc4n(-c4ccccc4)c3c2)ccc1-c1ccc(C2=C3C=CC=CC3C(c3ccccc3)c3ccccc32)cc1. The number of fused-ring (bicyclic) bond motifs is 5. The van der Waals surface area contributed by atoms with Crippen molar-refractivity contribution in [3.63, 3.8) is 0 Å². The van der Waals surface area contributed by atoms with E-state index in [0.717, 1.165) is 11.2 Å². The van der Waals surface area contributed by atoms with E-state index >= 15 is 0 Å². The molecule has 2 heterocycles. The molecule has 0 fully saturated rings. The minimum Gasteiger partial charge on any atom is -0.308 e. The fourth-order valence-corrected chi connectivity index (χ4v) is 8.70. The zero-order chi connectivity index (χ0) is 34.6. The smallest absolute Gasteiger partial charge is 0.0724 e. The Labute approximate surface area is 304 Å². The lowest BCUT2D eigenvalue weighted by Gasteiger charge is -2.36. The first-order chi connectivity index (χ1) is 25.7. The molecule has 2 aliphatic rings. The number of rotatable bonds is 5. The molecule has 0 saturated carbocycles. The van der Waals surface area contributed by atoms with E-state index in [1.54, 1.807) is 0 Å². The summed E-state index contributed by atoms with van der Waals surface area (Å²) in [5.41, 5.74) is 17.7. The van der Waals surface area contributed by atoms with Crippen molar-refractivity contribution in [3.8, 4) is 27.9 Å². The minimum absolute atomic E-state index is 0.289. The summed E-state index contributed by atoms with van der Waals surface area (Å²) in [4.78, 5) is 4.47. The third-order valence-corrected chi connectivity index (χ3v) is 11.1. The molecule has 8 aromatic rings. The van der Waals surface area contributed by atoms with Crippen molar-refractivity contribution in [3.05, 3.63) is 222 Å². The van der Waals surface area contributed by atoms with Gasteiger partial charge in [-0.2, -0.15) is 0 Å². The molecule has 52 heavy (non-hydrogen) atoms. The van der Waals surface area contributed by atoms with Crippen LogP contribution in [0.15, 0.2) is 194 Å². The van der Waals surface area contributed by atoms with Gasteiger partial charge in [-0.15, -0.1) is 0 Å². The summed E-state index contributed by atoms with van der Waals surface area (Å²) in [5, 5.41) is 2.45. The number of nitrogens with zero attached hydrogens (tertiary/aromatic N) is 2. The highest BCUT2D eigenvalue weighted by Gasteiger charge is 2.35. The molecular formula is C50H36N2. The zero-order valence-electron chi connectivity index (χ0n) is 28.9. The van der Waals surface area contributed by atoms with Gasteiger partial charge in [0.05, 0.1) is 17.2 Å². The van der Waals surface area contributed by atoms with Gasteiger partial charge in [-0.25, -0.2) is 0 Å². The highest BCUT2D eigenvalue weighted by molar-refractivity contribution is 6.10. The van der Waals surface area contributed by atoms with Gasteiger partial charge < -0.3 is 4.57 Å². The van der Waals surface area contributed by atoms with Crippen LogP contribution in [0.1, 0.15) is 33.7 Å². The highest BCUT2D eigenvalue weighted by atomic mass is 15.0. The monoisotopic (exact) mass is 664 g/mol. The van der Waals surface area contributed by atoms with E-state index in [0.29, 0.717) is 0 Å². The van der Waals surface area contributed by atoms with Crippen molar-refractivity contribution in [2.24, 2.45) is 5.92 Å². The summed E-state index contributed by atoms with van der Waals surface area (Å²) in [6.45, 7) is 2.23. The van der Waals surface area contributed by atoms with Crippen LogP contribution < -0.4 is 0 Å². The van der Waals surface area contributed by atoms with Crippen molar-refractivity contribution in [1.29, 1.82) is 0 Å². The Bertz CT molecular complexity index is 2730. The summed E-state index contributed by atoms with van der Waals surface area (Å²) in [5.74, 6) is 0.578. The van der Waals surface area contributed by atoms with Gasteiger partial charge in [-0.05, 0) is 92.4 Å². The van der Waals surface area contributed by atoms with Crippen LogP contribution in [0.3, 0.4) is 0 Å². The number of aromatic nitrogens is 2. The molecule has 0 N–H and O–H groups in total. The van der Waals surface area contributed by atoms with E-state index < -0.39 is 0 Å². The molecule has 246 valence electrons. The Hall–Kier alpha value is -6.51. The molecule has 0 amide bonds. The van der Waals surface area contributed by atoms with E-state index in [-0.39, 0.29) is 11.8 Å². The second-order valence-electron chi connectivity index (χ2n) is 14.0. The van der Waals surface area contributed by atoms with E-state index in [2.05, 4.69) is 192 Å². The van der Waals surface area contributed by atoms with Gasteiger partial charge in [0, 0.05) is 34.5 Å². The third-order valence-electron chi connectivity index (χ3n) is 11.1. The Kier molecular flexibility index (Phi) is 7.21. The van der Waals surface area contributed by atoms with Crippen LogP contribution in [0.5, 0.6) is 0 Å². The lowest BCUT2D eigenvalue weighted by atomic mass is 9.66. The summed E-state index contributed by atoms with van der Waals surface area (Å²) in [6, 6.07) is 55.6. The highest BCUT2D eigenvalue weighted by Crippen LogP contribution is 2.50. The topological polar surface area (TPSA) is 17.8 Å². The Balaban J connectivity index is 1.01. The van der Waals surface area contributed by atoms with Gasteiger partial charge in [-0.1, -0.05) is 152 Å². The molecule has 2 nitrogen and oxygen atoms in total. The predicted octanol–water partition coefficient (Wildman–Crippen LogP) is 12.5. The van der Waals surface area contributed by atoms with Crippen LogP contribution in [-0.2, 0) is 0 Å². The van der Waals surface area contributed by atoms with E-state index in [9.17, 15) is 0 Å². The number of hydrogen-bond donors (Lipinski definition) is 0. The number of benzene rings is 6. The van der Waals surface area contributed by atoms with Crippen LogP contribution in [0.25, 0.3) is 55.3 Å². The maximum atomic E-state index is 4.47. The van der Waals surface area contributed by atoms with Crippen LogP contribution in [0.2, 0.25) is 0 Å². The normalized spacial score (nSPS) is 16.3. The molecule has 0 saturated heterocycles. The van der Waals surface area contributed by atoms with Crippen LogP contribution >= 0.6 is 0 Å². The summed E-state index contributed by atoms with van der Waals surface area (Å²) >= 11 is 0. The molecule has 2 heteroatoms.